The number of allylic oxidation sites excluding steroid dienone is 2. The van der Waals surface area contributed by atoms with E-state index < -0.39 is 11.7 Å². The molecule has 3 aliphatic rings. The molecule has 0 atom stereocenters. The monoisotopic (exact) mass is 452 g/mol. The highest BCUT2D eigenvalue weighted by Crippen LogP contribution is 2.38. The third-order valence-corrected chi connectivity index (χ3v) is 6.36. The van der Waals surface area contributed by atoms with Gasteiger partial charge in [-0.25, -0.2) is 18.2 Å². The molecule has 2 heterocycles. The molecule has 1 aromatic rings. The van der Waals surface area contributed by atoms with E-state index in [2.05, 4.69) is 10.3 Å². The molecule has 1 aliphatic carbocycles. The Balaban J connectivity index is 1.57. The minimum atomic E-state index is -2.66. The normalized spacial score (nSPS) is 24.4. The highest BCUT2D eigenvalue weighted by molar-refractivity contribution is 6.43. The van der Waals surface area contributed by atoms with Crippen LogP contribution in [0.15, 0.2) is 45.3 Å². The van der Waals surface area contributed by atoms with Crippen molar-refractivity contribution in [2.45, 2.75) is 51.6 Å². The molecule has 0 radical (unpaired) electrons. The SMILES string of the molecule is CC1=N/C(=C2\CN(c3ccc(F)cc3OC3CCC(F)(F)CC3)CC2=N)NC(C)=C1Cl. The predicted octanol–water partition coefficient (Wildman–Crippen LogP) is 5.37. The van der Waals surface area contributed by atoms with Gasteiger partial charge in [0.1, 0.15) is 17.4 Å². The van der Waals surface area contributed by atoms with Gasteiger partial charge in [-0.05, 0) is 38.8 Å². The van der Waals surface area contributed by atoms with Gasteiger partial charge in [-0.2, -0.15) is 0 Å². The average molecular weight is 453 g/mol. The zero-order valence-corrected chi connectivity index (χ0v) is 18.1. The van der Waals surface area contributed by atoms with E-state index in [0.717, 1.165) is 11.3 Å². The van der Waals surface area contributed by atoms with Crippen molar-refractivity contribution in [1.29, 1.82) is 5.41 Å². The number of rotatable bonds is 3. The summed E-state index contributed by atoms with van der Waals surface area (Å²) >= 11 is 6.20. The fourth-order valence-corrected chi connectivity index (χ4v) is 4.15. The van der Waals surface area contributed by atoms with Crippen molar-refractivity contribution in [3.05, 3.63) is 46.1 Å². The van der Waals surface area contributed by atoms with Crippen LogP contribution >= 0.6 is 11.6 Å². The first-order chi connectivity index (χ1) is 14.6. The molecular weight excluding hydrogens is 429 g/mol. The number of hydrogen-bond donors (Lipinski definition) is 2. The molecule has 31 heavy (non-hydrogen) atoms. The Morgan fingerprint density at radius 1 is 1.23 bits per heavy atom. The maximum atomic E-state index is 14.0. The lowest BCUT2D eigenvalue weighted by atomic mass is 9.94. The van der Waals surface area contributed by atoms with Crippen molar-refractivity contribution in [2.75, 3.05) is 18.0 Å². The van der Waals surface area contributed by atoms with Gasteiger partial charge in [0.2, 0.25) is 5.92 Å². The first-order valence-electron chi connectivity index (χ1n) is 10.2. The largest absolute Gasteiger partial charge is 0.488 e. The van der Waals surface area contributed by atoms with E-state index in [-0.39, 0.29) is 31.8 Å². The fourth-order valence-electron chi connectivity index (χ4n) is 4.06. The summed E-state index contributed by atoms with van der Waals surface area (Å²) in [6.07, 6.45) is -0.407. The molecule has 166 valence electrons. The van der Waals surface area contributed by atoms with Crippen molar-refractivity contribution in [3.8, 4) is 5.75 Å². The summed E-state index contributed by atoms with van der Waals surface area (Å²) in [6, 6.07) is 4.22. The number of ether oxygens (including phenoxy) is 1. The maximum Gasteiger partial charge on any atom is 0.248 e. The molecule has 4 rings (SSSR count). The van der Waals surface area contributed by atoms with Gasteiger partial charge in [0.25, 0.3) is 0 Å². The highest BCUT2D eigenvalue weighted by atomic mass is 35.5. The van der Waals surface area contributed by atoms with Gasteiger partial charge in [0, 0.05) is 36.7 Å². The summed E-state index contributed by atoms with van der Waals surface area (Å²) in [5.74, 6) is -2.23. The molecular formula is C22H24ClF3N4O. The molecule has 0 unspecified atom stereocenters. The van der Waals surface area contributed by atoms with Crippen LogP contribution in [0.1, 0.15) is 39.5 Å². The molecule has 2 N–H and O–H groups in total. The number of nitrogens with zero attached hydrogens (tertiary/aromatic N) is 2. The molecule has 1 aromatic carbocycles. The minimum Gasteiger partial charge on any atom is -0.488 e. The Morgan fingerprint density at radius 3 is 2.61 bits per heavy atom. The lowest BCUT2D eigenvalue weighted by molar-refractivity contribution is -0.0582. The van der Waals surface area contributed by atoms with E-state index in [1.54, 1.807) is 6.07 Å². The van der Waals surface area contributed by atoms with Gasteiger partial charge in [0.05, 0.1) is 34.8 Å². The van der Waals surface area contributed by atoms with Crippen LogP contribution in [-0.4, -0.2) is 36.5 Å². The number of aliphatic imine (C=N–C) groups is 1. The Labute approximate surface area is 184 Å². The van der Waals surface area contributed by atoms with Crippen LogP contribution in [0.3, 0.4) is 0 Å². The third kappa shape index (κ3) is 4.59. The summed E-state index contributed by atoms with van der Waals surface area (Å²) in [6.45, 7) is 4.34. The zero-order chi connectivity index (χ0) is 22.3. The lowest BCUT2D eigenvalue weighted by Gasteiger charge is -2.30. The van der Waals surface area contributed by atoms with Gasteiger partial charge >= 0.3 is 0 Å². The first-order valence-corrected chi connectivity index (χ1v) is 10.6. The Kier molecular flexibility index (Phi) is 5.77. The van der Waals surface area contributed by atoms with Crippen molar-refractivity contribution < 1.29 is 17.9 Å². The van der Waals surface area contributed by atoms with E-state index in [1.165, 1.54) is 12.1 Å². The van der Waals surface area contributed by atoms with Crippen LogP contribution in [0.5, 0.6) is 5.75 Å². The van der Waals surface area contributed by atoms with Crippen LogP contribution < -0.4 is 15.0 Å². The molecule has 1 saturated carbocycles. The average Bonchev–Trinajstić information content (AvgIpc) is 3.09. The second kappa shape index (κ2) is 8.22. The fraction of sp³-hybridized carbons (Fsp3) is 0.455. The van der Waals surface area contributed by atoms with Gasteiger partial charge in [-0.3, -0.25) is 0 Å². The summed E-state index contributed by atoms with van der Waals surface area (Å²) < 4.78 is 46.9. The molecule has 9 heteroatoms. The molecule has 0 spiro atoms. The summed E-state index contributed by atoms with van der Waals surface area (Å²) in [5, 5.41) is 12.2. The highest BCUT2D eigenvalue weighted by Gasteiger charge is 2.36. The van der Waals surface area contributed by atoms with Crippen LogP contribution in [0.4, 0.5) is 18.9 Å². The van der Waals surface area contributed by atoms with Crippen molar-refractivity contribution in [3.63, 3.8) is 0 Å². The topological polar surface area (TPSA) is 60.7 Å². The second-order valence-corrected chi connectivity index (χ2v) is 8.59. The van der Waals surface area contributed by atoms with E-state index >= 15 is 0 Å². The molecule has 1 saturated heterocycles. The summed E-state index contributed by atoms with van der Waals surface area (Å²) in [4.78, 5) is 6.38. The number of nitrogens with one attached hydrogen (secondary N) is 2. The van der Waals surface area contributed by atoms with E-state index in [1.807, 2.05) is 18.7 Å². The molecule has 2 aliphatic heterocycles. The van der Waals surface area contributed by atoms with Crippen LogP contribution in [0.2, 0.25) is 0 Å². The number of anilines is 1. The second-order valence-electron chi connectivity index (χ2n) is 8.21. The van der Waals surface area contributed by atoms with Gasteiger partial charge in [-0.15, -0.1) is 0 Å². The smallest absolute Gasteiger partial charge is 0.248 e. The predicted molar refractivity (Wildman–Crippen MR) is 116 cm³/mol. The minimum absolute atomic E-state index is 0.221. The van der Waals surface area contributed by atoms with Crippen LogP contribution in [0.25, 0.3) is 0 Å². The number of benzene rings is 1. The Morgan fingerprint density at radius 2 is 1.94 bits per heavy atom. The number of alkyl halides is 2. The molecule has 0 bridgehead atoms. The van der Waals surface area contributed by atoms with Crippen molar-refractivity contribution >= 4 is 28.7 Å². The Hall–Kier alpha value is -2.48. The number of hydrogen-bond acceptors (Lipinski definition) is 5. The zero-order valence-electron chi connectivity index (χ0n) is 17.4. The van der Waals surface area contributed by atoms with E-state index in [9.17, 15) is 13.2 Å². The summed E-state index contributed by atoms with van der Waals surface area (Å²) in [5.41, 5.74) is 3.17. The maximum absolute atomic E-state index is 14.0. The van der Waals surface area contributed by atoms with Crippen LogP contribution in [-0.2, 0) is 0 Å². The lowest BCUT2D eigenvalue weighted by Crippen LogP contribution is -2.31. The standard InChI is InChI=1S/C22H24ClF3N4O/c1-12-20(23)13(2)29-21(28-12)16-10-30(11-17(16)27)18-4-3-14(24)9-19(18)31-15-5-7-22(25,26)8-6-15/h3-4,9,15,27-28H,5-8,10-11H2,1-2H3/b21-16+,27-17?. The van der Waals surface area contributed by atoms with E-state index in [4.69, 9.17) is 21.7 Å². The first kappa shape index (κ1) is 21.7. The Bertz CT molecular complexity index is 1010. The van der Waals surface area contributed by atoms with Crippen molar-refractivity contribution in [2.24, 2.45) is 4.99 Å². The molecule has 0 aromatic heterocycles. The molecule has 0 amide bonds. The third-order valence-electron chi connectivity index (χ3n) is 5.80. The van der Waals surface area contributed by atoms with Gasteiger partial charge < -0.3 is 20.4 Å². The van der Waals surface area contributed by atoms with E-state index in [0.29, 0.717) is 46.8 Å². The molecule has 5 nitrogen and oxygen atoms in total. The van der Waals surface area contributed by atoms with Crippen molar-refractivity contribution in [1.82, 2.24) is 5.32 Å². The quantitative estimate of drug-likeness (QED) is 0.648. The van der Waals surface area contributed by atoms with Crippen LogP contribution in [0, 0.1) is 11.2 Å². The summed E-state index contributed by atoms with van der Waals surface area (Å²) in [7, 11) is 0. The molecule has 2 fully saturated rings. The van der Waals surface area contributed by atoms with Gasteiger partial charge in [-0.1, -0.05) is 11.6 Å². The van der Waals surface area contributed by atoms with Gasteiger partial charge in [0.15, 0.2) is 0 Å². The number of halogens is 4.